The van der Waals surface area contributed by atoms with Gasteiger partial charge in [-0.3, -0.25) is 0 Å². The summed E-state index contributed by atoms with van der Waals surface area (Å²) < 4.78 is 0. The van der Waals surface area contributed by atoms with Crippen LogP contribution in [0.1, 0.15) is 32.1 Å². The lowest BCUT2D eigenvalue weighted by Gasteiger charge is -2.17. The fraction of sp³-hybridized carbons (Fsp3) is 0.800. The maximum absolute atomic E-state index is 6.04. The van der Waals surface area contributed by atoms with Crippen LogP contribution in [0.2, 0.25) is 19.1 Å². The highest BCUT2D eigenvalue weighted by atomic mass is 35.6. The van der Waals surface area contributed by atoms with Crippen molar-refractivity contribution in [2.45, 2.75) is 51.2 Å². The first-order valence-electron chi connectivity index (χ1n) is 5.29. The van der Waals surface area contributed by atoms with Crippen molar-refractivity contribution in [3.8, 4) is 0 Å². The lowest BCUT2D eigenvalue weighted by molar-refractivity contribution is 0.672. The zero-order valence-electron chi connectivity index (χ0n) is 9.11. The average molecular weight is 235 g/mol. The van der Waals surface area contributed by atoms with Gasteiger partial charge >= 0.3 is 0 Å². The molecule has 0 aliphatic carbocycles. The van der Waals surface area contributed by atoms with Crippen LogP contribution in [-0.2, 0) is 0 Å². The van der Waals surface area contributed by atoms with Gasteiger partial charge < -0.3 is 0 Å². The van der Waals surface area contributed by atoms with Crippen molar-refractivity contribution in [3.05, 3.63) is 12.7 Å². The summed E-state index contributed by atoms with van der Waals surface area (Å²) in [5.41, 5.74) is 0. The minimum Gasteiger partial charge on any atom is -0.180 e. The maximum Gasteiger partial charge on any atom is 0.117 e. The molecule has 0 aliphatic rings. The van der Waals surface area contributed by atoms with Crippen LogP contribution in [0, 0.1) is 0 Å². The summed E-state index contributed by atoms with van der Waals surface area (Å²) in [6.07, 6.45) is 8.71. The van der Waals surface area contributed by atoms with Gasteiger partial charge in [0.05, 0.1) is 7.59 Å². The molecule has 0 aliphatic heterocycles. The number of halogens is 1. The number of unbranched alkanes of at least 4 members (excludes halogenated alkanes) is 4. The SMILES string of the molecule is C=CCCCCCC[Si](C)(C)[SiH2]Cl. The molecule has 0 bridgehead atoms. The summed E-state index contributed by atoms with van der Waals surface area (Å²) >= 11 is 6.04. The Bertz CT molecular complexity index is 135. The molecule has 0 saturated carbocycles. The molecule has 0 nitrogen and oxygen atoms in total. The highest BCUT2D eigenvalue weighted by Gasteiger charge is 2.18. The highest BCUT2D eigenvalue weighted by Crippen LogP contribution is 2.15. The largest absolute Gasteiger partial charge is 0.180 e. The molecule has 0 aromatic rings. The Labute approximate surface area is 91.1 Å². The molecular weight excluding hydrogens is 212 g/mol. The van der Waals surface area contributed by atoms with E-state index in [0.29, 0.717) is 0 Å². The van der Waals surface area contributed by atoms with Crippen molar-refractivity contribution in [1.29, 1.82) is 0 Å². The number of hydrogen-bond donors (Lipinski definition) is 0. The predicted octanol–water partition coefficient (Wildman–Crippen LogP) is 3.65. The Morgan fingerprint density at radius 1 is 1.23 bits per heavy atom. The van der Waals surface area contributed by atoms with Crippen LogP contribution in [0.5, 0.6) is 0 Å². The summed E-state index contributed by atoms with van der Waals surface area (Å²) in [4.78, 5) is 0. The normalized spacial score (nSPS) is 12.5. The molecule has 0 radical (unpaired) electrons. The smallest absolute Gasteiger partial charge is 0.117 e. The molecule has 78 valence electrons. The molecule has 0 fully saturated rings. The van der Waals surface area contributed by atoms with Crippen molar-refractivity contribution >= 4 is 27.0 Å². The molecule has 0 atom stereocenters. The molecule has 3 heteroatoms. The van der Waals surface area contributed by atoms with E-state index in [0.717, 1.165) is 0 Å². The third-order valence-corrected chi connectivity index (χ3v) is 14.5. The van der Waals surface area contributed by atoms with Crippen LogP contribution in [0.25, 0.3) is 0 Å². The minimum atomic E-state index is -0.862. The third-order valence-electron chi connectivity index (χ3n) is 2.37. The first-order chi connectivity index (χ1) is 6.12. The van der Waals surface area contributed by atoms with E-state index in [4.69, 9.17) is 11.1 Å². The Morgan fingerprint density at radius 3 is 2.38 bits per heavy atom. The summed E-state index contributed by atoms with van der Waals surface area (Å²) in [7, 11) is -1.07. The van der Waals surface area contributed by atoms with Gasteiger partial charge in [-0.05, 0) is 12.8 Å². The lowest BCUT2D eigenvalue weighted by atomic mass is 10.1. The molecule has 0 spiro atoms. The zero-order chi connectivity index (χ0) is 10.2. The Balaban J connectivity index is 3.20. The molecule has 0 aromatic carbocycles. The Kier molecular flexibility index (Phi) is 8.11. The van der Waals surface area contributed by atoms with Crippen LogP contribution < -0.4 is 0 Å². The molecule has 0 unspecified atom stereocenters. The highest BCUT2D eigenvalue weighted by molar-refractivity contribution is 7.40. The quantitative estimate of drug-likeness (QED) is 0.260. The standard InChI is InChI=1S/C10H23ClSi2/c1-4-5-6-7-8-9-10-13(2,3)12-11/h4H,1,5-10,12H2,2-3H3. The van der Waals surface area contributed by atoms with Gasteiger partial charge in [0.2, 0.25) is 0 Å². The van der Waals surface area contributed by atoms with Gasteiger partial charge in [0.15, 0.2) is 0 Å². The van der Waals surface area contributed by atoms with E-state index < -0.39 is 7.59 Å². The summed E-state index contributed by atoms with van der Waals surface area (Å²) in [5, 5.41) is 0. The van der Waals surface area contributed by atoms with E-state index >= 15 is 0 Å². The van der Waals surface area contributed by atoms with Crippen molar-refractivity contribution in [3.63, 3.8) is 0 Å². The summed E-state index contributed by atoms with van der Waals surface area (Å²) in [6.45, 7) is 8.61. The van der Waals surface area contributed by atoms with Gasteiger partial charge in [-0.25, -0.2) is 0 Å². The van der Waals surface area contributed by atoms with Crippen molar-refractivity contribution < 1.29 is 0 Å². The molecule has 0 heterocycles. The van der Waals surface area contributed by atoms with E-state index in [-0.39, 0.29) is 8.35 Å². The average Bonchev–Trinajstić information content (AvgIpc) is 2.11. The first kappa shape index (κ1) is 13.5. The second-order valence-corrected chi connectivity index (χ2v) is 18.6. The molecule has 0 N–H and O–H groups in total. The second kappa shape index (κ2) is 7.83. The van der Waals surface area contributed by atoms with Crippen molar-refractivity contribution in [1.82, 2.24) is 0 Å². The molecule has 0 aromatic heterocycles. The van der Waals surface area contributed by atoms with Gasteiger partial charge in [-0.2, -0.15) is 11.1 Å². The molecule has 0 rings (SSSR count). The molecular formula is C10H23ClSi2. The van der Waals surface area contributed by atoms with E-state index in [1.165, 1.54) is 38.1 Å². The second-order valence-electron chi connectivity index (χ2n) is 4.54. The van der Waals surface area contributed by atoms with Gasteiger partial charge in [0.25, 0.3) is 0 Å². The monoisotopic (exact) mass is 234 g/mol. The lowest BCUT2D eigenvalue weighted by Crippen LogP contribution is -2.30. The number of hydrogen-bond acceptors (Lipinski definition) is 0. The Hall–Kier alpha value is 0.464. The topological polar surface area (TPSA) is 0 Å². The van der Waals surface area contributed by atoms with E-state index in [1.807, 2.05) is 6.08 Å². The Morgan fingerprint density at radius 2 is 1.85 bits per heavy atom. The fourth-order valence-electron chi connectivity index (χ4n) is 1.31. The summed E-state index contributed by atoms with van der Waals surface area (Å²) in [5.74, 6) is 0. The van der Waals surface area contributed by atoms with Gasteiger partial charge in [0.1, 0.15) is 8.35 Å². The van der Waals surface area contributed by atoms with Gasteiger partial charge in [-0.15, -0.1) is 6.58 Å². The fourth-order valence-corrected chi connectivity index (χ4v) is 5.01. The first-order valence-corrected chi connectivity index (χ1v) is 13.0. The van der Waals surface area contributed by atoms with Crippen LogP contribution in [0.3, 0.4) is 0 Å². The molecule has 0 amide bonds. The molecule has 0 saturated heterocycles. The van der Waals surface area contributed by atoms with E-state index in [9.17, 15) is 0 Å². The van der Waals surface area contributed by atoms with Crippen LogP contribution in [0.15, 0.2) is 12.7 Å². The zero-order valence-corrected chi connectivity index (χ0v) is 12.3. The van der Waals surface area contributed by atoms with Gasteiger partial charge in [-0.1, -0.05) is 44.5 Å². The van der Waals surface area contributed by atoms with Crippen LogP contribution in [0.4, 0.5) is 0 Å². The maximum atomic E-state index is 6.04. The third kappa shape index (κ3) is 8.78. The predicted molar refractivity (Wildman–Crippen MR) is 70.0 cm³/mol. The van der Waals surface area contributed by atoms with Crippen molar-refractivity contribution in [2.75, 3.05) is 0 Å². The molecule has 13 heavy (non-hydrogen) atoms. The van der Waals surface area contributed by atoms with Crippen molar-refractivity contribution in [2.24, 2.45) is 0 Å². The van der Waals surface area contributed by atoms with E-state index in [2.05, 4.69) is 19.7 Å². The van der Waals surface area contributed by atoms with E-state index in [1.54, 1.807) is 0 Å². The summed E-state index contributed by atoms with van der Waals surface area (Å²) in [6, 6.07) is 1.46. The number of rotatable bonds is 8. The van der Waals surface area contributed by atoms with Gasteiger partial charge in [0, 0.05) is 0 Å². The minimum absolute atomic E-state index is 0.207. The number of allylic oxidation sites excluding steroid dienone is 1. The van der Waals surface area contributed by atoms with Crippen LogP contribution >= 0.6 is 11.1 Å². The van der Waals surface area contributed by atoms with Crippen LogP contribution in [-0.4, -0.2) is 15.9 Å².